The Kier molecular flexibility index (Phi) is 4.50. The molecular formula is C22H24N6O. The fraction of sp³-hybridized carbons (Fsp3) is 0.364. The van der Waals surface area contributed by atoms with Gasteiger partial charge >= 0.3 is 0 Å². The van der Waals surface area contributed by atoms with E-state index in [0.717, 1.165) is 48.5 Å². The minimum Gasteiger partial charge on any atom is -0.353 e. The lowest BCUT2D eigenvalue weighted by molar-refractivity contribution is 0.0665. The molecule has 0 spiro atoms. The van der Waals surface area contributed by atoms with Crippen molar-refractivity contribution in [1.82, 2.24) is 19.7 Å². The molecule has 0 saturated carbocycles. The number of amides is 1. The molecule has 0 N–H and O–H groups in total. The van der Waals surface area contributed by atoms with Crippen molar-refractivity contribution in [3.05, 3.63) is 54.1 Å². The average molecular weight is 388 g/mol. The highest BCUT2D eigenvalue weighted by molar-refractivity contribution is 6.05. The molecule has 7 heteroatoms. The first kappa shape index (κ1) is 17.8. The number of fused-ring (bicyclic) bond motifs is 2. The zero-order chi connectivity index (χ0) is 19.8. The first-order chi connectivity index (χ1) is 14.2. The topological polar surface area (TPSA) is 64.4 Å². The van der Waals surface area contributed by atoms with Crippen molar-refractivity contribution in [2.45, 2.75) is 19.4 Å². The van der Waals surface area contributed by atoms with E-state index < -0.39 is 0 Å². The molecule has 0 bridgehead atoms. The largest absolute Gasteiger partial charge is 0.353 e. The summed E-state index contributed by atoms with van der Waals surface area (Å²) in [5, 5.41) is 1.95. The van der Waals surface area contributed by atoms with Gasteiger partial charge in [-0.15, -0.1) is 0 Å². The third-order valence-corrected chi connectivity index (χ3v) is 5.84. The Morgan fingerprint density at radius 3 is 2.79 bits per heavy atom. The van der Waals surface area contributed by atoms with E-state index >= 15 is 0 Å². The summed E-state index contributed by atoms with van der Waals surface area (Å²) in [5.41, 5.74) is 0.535. The molecule has 1 atom stereocenters. The second-order valence-electron chi connectivity index (χ2n) is 7.61. The standard InChI is InChI=1S/C22H24N6O/c1-2-17-14-28-15-24-19(13-20(28)25-17)26-9-11-27(12-10-26)22(29)21-18-6-4-3-5-16(18)7-8-23-21/h3-8,13,15,17H,2,9-12,14H2,1H3. The van der Waals surface area contributed by atoms with Crippen molar-refractivity contribution in [2.75, 3.05) is 32.7 Å². The molecule has 4 heterocycles. The Hall–Kier alpha value is -3.22. The number of benzene rings is 1. The van der Waals surface area contributed by atoms with Gasteiger partial charge in [0.15, 0.2) is 0 Å². The summed E-state index contributed by atoms with van der Waals surface area (Å²) in [6, 6.07) is 10.2. The molecule has 1 fully saturated rings. The van der Waals surface area contributed by atoms with Gasteiger partial charge < -0.3 is 14.7 Å². The summed E-state index contributed by atoms with van der Waals surface area (Å²) in [6.45, 7) is 5.90. The van der Waals surface area contributed by atoms with Gasteiger partial charge in [-0.05, 0) is 17.9 Å². The van der Waals surface area contributed by atoms with Crippen LogP contribution in [0.5, 0.6) is 0 Å². The maximum atomic E-state index is 13.1. The number of aliphatic imine (C=N–C) groups is 2. The number of piperazine rings is 1. The van der Waals surface area contributed by atoms with Crippen LogP contribution in [0.4, 0.5) is 0 Å². The van der Waals surface area contributed by atoms with Crippen LogP contribution in [-0.4, -0.2) is 76.5 Å². The number of carbonyl (C=O) groups is 1. The van der Waals surface area contributed by atoms with Gasteiger partial charge in [0.25, 0.3) is 5.91 Å². The zero-order valence-corrected chi connectivity index (χ0v) is 16.5. The number of hydrogen-bond acceptors (Lipinski definition) is 6. The van der Waals surface area contributed by atoms with Crippen LogP contribution in [0.15, 0.2) is 58.4 Å². The van der Waals surface area contributed by atoms with Gasteiger partial charge in [-0.2, -0.15) is 0 Å². The van der Waals surface area contributed by atoms with E-state index in [0.29, 0.717) is 24.8 Å². The summed E-state index contributed by atoms with van der Waals surface area (Å²) in [4.78, 5) is 33.1. The molecule has 7 nitrogen and oxygen atoms in total. The van der Waals surface area contributed by atoms with Crippen LogP contribution in [0.1, 0.15) is 23.8 Å². The minimum absolute atomic E-state index is 0.000273. The van der Waals surface area contributed by atoms with Crippen molar-refractivity contribution in [3.8, 4) is 0 Å². The van der Waals surface area contributed by atoms with Crippen molar-refractivity contribution in [1.29, 1.82) is 0 Å². The fourth-order valence-corrected chi connectivity index (χ4v) is 4.10. The molecule has 1 aromatic heterocycles. The van der Waals surface area contributed by atoms with Crippen molar-refractivity contribution in [3.63, 3.8) is 0 Å². The van der Waals surface area contributed by atoms with Crippen LogP contribution in [0, 0.1) is 0 Å². The van der Waals surface area contributed by atoms with Gasteiger partial charge in [0, 0.05) is 50.4 Å². The maximum absolute atomic E-state index is 13.1. The zero-order valence-electron chi connectivity index (χ0n) is 16.5. The molecule has 5 rings (SSSR count). The Balaban J connectivity index is 1.28. The van der Waals surface area contributed by atoms with Gasteiger partial charge in [0.05, 0.1) is 12.4 Å². The lowest BCUT2D eigenvalue weighted by Crippen LogP contribution is -2.48. The smallest absolute Gasteiger partial charge is 0.273 e. The summed E-state index contributed by atoms with van der Waals surface area (Å²) >= 11 is 0. The van der Waals surface area contributed by atoms with Crippen molar-refractivity contribution in [2.24, 2.45) is 9.98 Å². The fourth-order valence-electron chi connectivity index (χ4n) is 4.10. The highest BCUT2D eigenvalue weighted by atomic mass is 16.2. The number of aromatic nitrogens is 1. The van der Waals surface area contributed by atoms with E-state index in [-0.39, 0.29) is 5.91 Å². The molecular weight excluding hydrogens is 364 g/mol. The van der Waals surface area contributed by atoms with E-state index in [1.165, 1.54) is 0 Å². The number of nitrogens with zero attached hydrogens (tertiary/aromatic N) is 6. The average Bonchev–Trinajstić information content (AvgIpc) is 3.21. The van der Waals surface area contributed by atoms with Gasteiger partial charge in [-0.25, -0.2) is 4.99 Å². The van der Waals surface area contributed by atoms with E-state index in [4.69, 9.17) is 4.99 Å². The summed E-state index contributed by atoms with van der Waals surface area (Å²) in [5.74, 6) is 1.94. The number of amidine groups is 1. The van der Waals surface area contributed by atoms with Crippen molar-refractivity contribution >= 4 is 28.9 Å². The van der Waals surface area contributed by atoms with Gasteiger partial charge in [0.2, 0.25) is 0 Å². The summed E-state index contributed by atoms with van der Waals surface area (Å²) in [6.07, 6.45) is 6.71. The first-order valence-electron chi connectivity index (χ1n) is 10.2. The minimum atomic E-state index is -0.000273. The van der Waals surface area contributed by atoms with Gasteiger partial charge in [-0.3, -0.25) is 14.8 Å². The SMILES string of the molecule is CCC1CN2C=NC(N3CCN(C(=O)c4nccc5ccccc45)CC3)=CC2=N1. The number of rotatable bonds is 3. The lowest BCUT2D eigenvalue weighted by atomic mass is 10.1. The van der Waals surface area contributed by atoms with Crippen LogP contribution >= 0.6 is 0 Å². The Morgan fingerprint density at radius 1 is 1.14 bits per heavy atom. The lowest BCUT2D eigenvalue weighted by Gasteiger charge is -2.36. The van der Waals surface area contributed by atoms with Crippen LogP contribution in [0.3, 0.4) is 0 Å². The van der Waals surface area contributed by atoms with Gasteiger partial charge in [0.1, 0.15) is 17.4 Å². The van der Waals surface area contributed by atoms with Crippen LogP contribution in [0.2, 0.25) is 0 Å². The molecule has 29 heavy (non-hydrogen) atoms. The quantitative estimate of drug-likeness (QED) is 0.810. The molecule has 3 aliphatic heterocycles. The Morgan fingerprint density at radius 2 is 1.97 bits per heavy atom. The highest BCUT2D eigenvalue weighted by Gasteiger charge is 2.28. The third-order valence-electron chi connectivity index (χ3n) is 5.84. The normalized spacial score (nSPS) is 21.3. The number of hydrogen-bond donors (Lipinski definition) is 0. The summed E-state index contributed by atoms with van der Waals surface area (Å²) < 4.78 is 0. The second-order valence-corrected chi connectivity index (χ2v) is 7.61. The first-order valence-corrected chi connectivity index (χ1v) is 10.2. The molecule has 1 amide bonds. The van der Waals surface area contributed by atoms with E-state index in [9.17, 15) is 4.79 Å². The molecule has 148 valence electrons. The number of carbonyl (C=O) groups excluding carboxylic acids is 1. The monoisotopic (exact) mass is 388 g/mol. The number of pyridine rings is 1. The molecule has 3 aliphatic rings. The maximum Gasteiger partial charge on any atom is 0.273 e. The Labute approximate surface area is 170 Å². The van der Waals surface area contributed by atoms with E-state index in [1.54, 1.807) is 6.20 Å². The molecule has 1 saturated heterocycles. The highest BCUT2D eigenvalue weighted by Crippen LogP contribution is 2.22. The molecule has 1 aromatic carbocycles. The molecule has 2 aromatic rings. The van der Waals surface area contributed by atoms with Crippen molar-refractivity contribution < 1.29 is 4.79 Å². The second kappa shape index (κ2) is 7.31. The Bertz CT molecular complexity index is 1030. The molecule has 0 radical (unpaired) electrons. The summed E-state index contributed by atoms with van der Waals surface area (Å²) in [7, 11) is 0. The van der Waals surface area contributed by atoms with E-state index in [1.807, 2.05) is 41.6 Å². The predicted octanol–water partition coefficient (Wildman–Crippen LogP) is 2.37. The molecule has 1 unspecified atom stereocenters. The van der Waals surface area contributed by atoms with E-state index in [2.05, 4.69) is 32.8 Å². The van der Waals surface area contributed by atoms with Crippen LogP contribution < -0.4 is 0 Å². The molecule has 0 aliphatic carbocycles. The van der Waals surface area contributed by atoms with Gasteiger partial charge in [-0.1, -0.05) is 31.2 Å². The van der Waals surface area contributed by atoms with Crippen LogP contribution in [-0.2, 0) is 0 Å². The third kappa shape index (κ3) is 3.26. The van der Waals surface area contributed by atoms with Crippen LogP contribution in [0.25, 0.3) is 10.8 Å². The predicted molar refractivity (Wildman–Crippen MR) is 114 cm³/mol.